The van der Waals surface area contributed by atoms with Gasteiger partial charge >= 0.3 is 0 Å². The number of sulfonamides is 1. The van der Waals surface area contributed by atoms with E-state index < -0.39 is 15.9 Å². The molecule has 2 N–H and O–H groups in total. The first-order valence-corrected chi connectivity index (χ1v) is 21.6. The zero-order valence-corrected chi connectivity index (χ0v) is 34.1. The van der Waals surface area contributed by atoms with Gasteiger partial charge in [-0.15, -0.1) is 11.8 Å². The number of piperazine rings is 1. The third kappa shape index (κ3) is 11.4. The van der Waals surface area contributed by atoms with E-state index in [-0.39, 0.29) is 16.5 Å². The average molecular weight is 797 g/mol. The van der Waals surface area contributed by atoms with Gasteiger partial charge in [0.25, 0.3) is 15.9 Å². The Morgan fingerprint density at radius 2 is 1.55 bits per heavy atom. The Morgan fingerprint density at radius 3 is 2.24 bits per heavy atom. The third-order valence-electron chi connectivity index (χ3n) is 9.88. The fourth-order valence-corrected chi connectivity index (χ4v) is 8.97. The maximum atomic E-state index is 13.4. The molecule has 5 aromatic carbocycles. The molecule has 1 atom stereocenters. The maximum Gasteiger partial charge on any atom is 0.264 e. The molecule has 288 valence electrons. The zero-order chi connectivity index (χ0) is 38.8. The van der Waals surface area contributed by atoms with Gasteiger partial charge in [-0.3, -0.25) is 9.69 Å². The van der Waals surface area contributed by atoms with Gasteiger partial charge in [0.05, 0.1) is 4.90 Å². The van der Waals surface area contributed by atoms with Gasteiger partial charge in [0.1, 0.15) is 0 Å². The molecule has 5 aromatic rings. The Labute approximate surface area is 335 Å². The number of carbonyl (C=O) groups is 1. The van der Waals surface area contributed by atoms with Gasteiger partial charge in [-0.1, -0.05) is 66.2 Å². The van der Waals surface area contributed by atoms with E-state index in [1.807, 2.05) is 49.4 Å². The van der Waals surface area contributed by atoms with Crippen molar-refractivity contribution in [2.24, 2.45) is 0 Å². The molecule has 0 aliphatic carbocycles. The van der Waals surface area contributed by atoms with E-state index in [0.717, 1.165) is 85.4 Å². The number of rotatable bonds is 16. The van der Waals surface area contributed by atoms with Crippen molar-refractivity contribution in [2.75, 3.05) is 62.8 Å². The minimum atomic E-state index is -4.09. The SMILES string of the molecule is Cc1cc(S(=O)(=O)NC(=O)c2ccc(N3CCN(Cc4ccccc4-c4ccc(Cl)cc4)CC3)cc2)ccc1N[C@H](CCCN(C)C)CSc1ccccc1. The summed E-state index contributed by atoms with van der Waals surface area (Å²) < 4.78 is 29.0. The van der Waals surface area contributed by atoms with E-state index in [0.29, 0.717) is 0 Å². The maximum absolute atomic E-state index is 13.4. The summed E-state index contributed by atoms with van der Waals surface area (Å²) in [5, 5.41) is 4.39. The molecule has 0 unspecified atom stereocenters. The topological polar surface area (TPSA) is 85.0 Å². The molecule has 1 aliphatic rings. The van der Waals surface area contributed by atoms with Crippen LogP contribution in [-0.4, -0.2) is 82.7 Å². The molecule has 0 bridgehead atoms. The van der Waals surface area contributed by atoms with Crippen LogP contribution in [0.2, 0.25) is 5.02 Å². The summed E-state index contributed by atoms with van der Waals surface area (Å²) in [4.78, 5) is 21.4. The number of nitrogens with one attached hydrogen (secondary N) is 2. The lowest BCUT2D eigenvalue weighted by Gasteiger charge is -2.36. The van der Waals surface area contributed by atoms with E-state index in [1.54, 1.807) is 42.1 Å². The predicted molar refractivity (Wildman–Crippen MR) is 229 cm³/mol. The van der Waals surface area contributed by atoms with Gasteiger partial charge in [0.2, 0.25) is 0 Å². The number of anilines is 2. The summed E-state index contributed by atoms with van der Waals surface area (Å²) >= 11 is 7.93. The molecule has 8 nitrogen and oxygen atoms in total. The molecule has 11 heteroatoms. The zero-order valence-electron chi connectivity index (χ0n) is 31.7. The van der Waals surface area contributed by atoms with Crippen molar-refractivity contribution in [1.82, 2.24) is 14.5 Å². The first-order chi connectivity index (χ1) is 26.5. The molecule has 1 aliphatic heterocycles. The molecule has 55 heavy (non-hydrogen) atoms. The lowest BCUT2D eigenvalue weighted by Crippen LogP contribution is -2.46. The van der Waals surface area contributed by atoms with Gasteiger partial charge in [-0.2, -0.15) is 0 Å². The molecule has 0 aromatic heterocycles. The largest absolute Gasteiger partial charge is 0.381 e. The molecule has 1 saturated heterocycles. The monoisotopic (exact) mass is 795 g/mol. The lowest BCUT2D eigenvalue weighted by molar-refractivity contribution is 0.0981. The van der Waals surface area contributed by atoms with E-state index in [1.165, 1.54) is 16.0 Å². The number of nitrogens with zero attached hydrogens (tertiary/aromatic N) is 3. The highest BCUT2D eigenvalue weighted by Crippen LogP contribution is 2.28. The Bertz CT molecular complexity index is 2120. The first-order valence-electron chi connectivity index (χ1n) is 18.7. The van der Waals surface area contributed by atoms with Crippen molar-refractivity contribution < 1.29 is 13.2 Å². The van der Waals surface area contributed by atoms with E-state index in [4.69, 9.17) is 11.6 Å². The predicted octanol–water partition coefficient (Wildman–Crippen LogP) is 8.67. The van der Waals surface area contributed by atoms with Crippen LogP contribution in [0, 0.1) is 6.92 Å². The van der Waals surface area contributed by atoms with Gasteiger partial charge in [-0.05, 0) is 129 Å². The molecule has 1 amide bonds. The van der Waals surface area contributed by atoms with E-state index >= 15 is 0 Å². The fraction of sp³-hybridized carbons (Fsp3) is 0.295. The van der Waals surface area contributed by atoms with Crippen molar-refractivity contribution in [3.8, 4) is 11.1 Å². The molecular formula is C44H50ClN5O3S2. The van der Waals surface area contributed by atoms with Gasteiger partial charge in [0, 0.05) is 71.4 Å². The number of amides is 1. The summed E-state index contributed by atoms with van der Waals surface area (Å²) in [5.41, 5.74) is 6.62. The second-order valence-electron chi connectivity index (χ2n) is 14.3. The summed E-state index contributed by atoms with van der Waals surface area (Å²) in [6.07, 6.45) is 2.01. The smallest absolute Gasteiger partial charge is 0.264 e. The average Bonchev–Trinajstić information content (AvgIpc) is 3.18. The van der Waals surface area contributed by atoms with Gasteiger partial charge < -0.3 is 15.1 Å². The molecule has 1 fully saturated rings. The molecule has 1 heterocycles. The van der Waals surface area contributed by atoms with Crippen molar-refractivity contribution in [3.63, 3.8) is 0 Å². The minimum absolute atomic E-state index is 0.0528. The fourth-order valence-electron chi connectivity index (χ4n) is 6.79. The lowest BCUT2D eigenvalue weighted by atomic mass is 9.99. The molecule has 0 spiro atoms. The highest BCUT2D eigenvalue weighted by atomic mass is 35.5. The normalized spacial score (nSPS) is 14.2. The molecular weight excluding hydrogens is 746 g/mol. The Balaban J connectivity index is 1.02. The van der Waals surface area contributed by atoms with Gasteiger partial charge in [0.15, 0.2) is 0 Å². The second-order valence-corrected chi connectivity index (χ2v) is 17.5. The van der Waals surface area contributed by atoms with Crippen LogP contribution in [0.15, 0.2) is 131 Å². The third-order valence-corrected chi connectivity index (χ3v) is 12.6. The summed E-state index contributed by atoms with van der Waals surface area (Å²) in [7, 11) is 0.0641. The minimum Gasteiger partial charge on any atom is -0.381 e. The van der Waals surface area contributed by atoms with Crippen LogP contribution in [0.3, 0.4) is 0 Å². The van der Waals surface area contributed by atoms with Crippen LogP contribution in [0.1, 0.15) is 34.3 Å². The Kier molecular flexibility index (Phi) is 14.0. The molecule has 0 radical (unpaired) electrons. The van der Waals surface area contributed by atoms with Crippen LogP contribution < -0.4 is 14.9 Å². The molecule has 0 saturated carbocycles. The van der Waals surface area contributed by atoms with Crippen molar-refractivity contribution >= 4 is 50.7 Å². The van der Waals surface area contributed by atoms with E-state index in [9.17, 15) is 13.2 Å². The number of halogens is 1. The van der Waals surface area contributed by atoms with Crippen molar-refractivity contribution in [3.05, 3.63) is 143 Å². The van der Waals surface area contributed by atoms with Crippen LogP contribution in [0.25, 0.3) is 11.1 Å². The van der Waals surface area contributed by atoms with E-state index in [2.05, 4.69) is 87.4 Å². The first kappa shape index (κ1) is 40.3. The van der Waals surface area contributed by atoms with Crippen molar-refractivity contribution in [1.29, 1.82) is 0 Å². The number of benzene rings is 5. The summed E-state index contributed by atoms with van der Waals surface area (Å²) in [6.45, 7) is 7.21. The second kappa shape index (κ2) is 19.0. The molecule has 6 rings (SSSR count). The quantitative estimate of drug-likeness (QED) is 0.0961. The van der Waals surface area contributed by atoms with Crippen LogP contribution in [-0.2, 0) is 16.6 Å². The van der Waals surface area contributed by atoms with Crippen molar-refractivity contribution in [2.45, 2.75) is 42.1 Å². The number of hydrogen-bond acceptors (Lipinski definition) is 8. The summed E-state index contributed by atoms with van der Waals surface area (Å²) in [6, 6.07) is 39.2. The van der Waals surface area contributed by atoms with Crippen LogP contribution >= 0.6 is 23.4 Å². The highest BCUT2D eigenvalue weighted by Gasteiger charge is 2.22. The Hall–Kier alpha value is -4.32. The highest BCUT2D eigenvalue weighted by molar-refractivity contribution is 7.99. The standard InChI is InChI=1S/C44H50ClN5O3S2/c1-33-30-41(23-24-43(33)46-38(11-9-25-48(2)3)32-54-40-12-5-4-6-13-40)55(52,53)47-44(51)35-17-21-39(22-18-35)50-28-26-49(27-29-50)31-36-10-7-8-14-42(36)34-15-19-37(45)20-16-34/h4-8,10,12-24,30,38,46H,9,11,25-29,31-32H2,1-3H3,(H,47,51)/t38-/m1/s1. The number of aryl methyl sites for hydroxylation is 1. The summed E-state index contributed by atoms with van der Waals surface area (Å²) in [5.74, 6) is 0.220. The van der Waals surface area contributed by atoms with Gasteiger partial charge in [-0.25, -0.2) is 13.1 Å². The Morgan fingerprint density at radius 1 is 0.855 bits per heavy atom. The number of hydrogen-bond donors (Lipinski definition) is 2. The number of thioether (sulfide) groups is 1. The van der Waals surface area contributed by atoms with Crippen LogP contribution in [0.4, 0.5) is 11.4 Å². The van der Waals surface area contributed by atoms with Crippen LogP contribution in [0.5, 0.6) is 0 Å². The number of carbonyl (C=O) groups excluding carboxylic acids is 1.